The highest BCUT2D eigenvalue weighted by Gasteiger charge is 2.26. The van der Waals surface area contributed by atoms with Gasteiger partial charge in [0.05, 0.1) is 12.2 Å². The Morgan fingerprint density at radius 2 is 1.83 bits per heavy atom. The van der Waals surface area contributed by atoms with Crippen LogP contribution >= 0.6 is 0 Å². The second-order valence-corrected chi connectivity index (χ2v) is 6.38. The summed E-state index contributed by atoms with van der Waals surface area (Å²) in [6.45, 7) is 4.33. The molecule has 2 aromatic carbocycles. The number of hydrogen-bond acceptors (Lipinski definition) is 6. The highest BCUT2D eigenvalue weighted by molar-refractivity contribution is 5.97. The molecule has 0 spiro atoms. The lowest BCUT2D eigenvalue weighted by atomic mass is 10.1. The number of anilines is 1. The Labute approximate surface area is 168 Å². The van der Waals surface area contributed by atoms with Crippen LogP contribution in [0.15, 0.2) is 65.2 Å². The predicted octanol–water partition coefficient (Wildman–Crippen LogP) is 4.31. The van der Waals surface area contributed by atoms with E-state index in [1.54, 1.807) is 61.5 Å². The molecule has 3 aromatic rings. The third-order valence-electron chi connectivity index (χ3n) is 4.01. The summed E-state index contributed by atoms with van der Waals surface area (Å²) in [5.74, 6) is 0.330. The Hall–Kier alpha value is -3.61. The van der Waals surface area contributed by atoms with E-state index in [0.29, 0.717) is 29.2 Å². The molecule has 0 saturated carbocycles. The molecule has 7 nitrogen and oxygen atoms in total. The van der Waals surface area contributed by atoms with Gasteiger partial charge in [0.25, 0.3) is 5.91 Å². The maximum Gasteiger partial charge on any atom is 0.339 e. The molecule has 1 aromatic heterocycles. The molecule has 1 unspecified atom stereocenters. The van der Waals surface area contributed by atoms with Gasteiger partial charge in [-0.3, -0.25) is 4.79 Å². The number of aryl methyl sites for hydroxylation is 1. The van der Waals surface area contributed by atoms with E-state index in [0.717, 1.165) is 6.42 Å². The van der Waals surface area contributed by atoms with E-state index in [1.165, 1.54) is 0 Å². The molecule has 29 heavy (non-hydrogen) atoms. The van der Waals surface area contributed by atoms with Crippen LogP contribution in [-0.2, 0) is 9.53 Å². The molecule has 1 N–H and O–H groups in total. The Morgan fingerprint density at radius 3 is 2.45 bits per heavy atom. The molecule has 0 bridgehead atoms. The van der Waals surface area contributed by atoms with E-state index in [2.05, 4.69) is 10.5 Å². The third-order valence-corrected chi connectivity index (χ3v) is 4.01. The first-order chi connectivity index (χ1) is 14.1. The standard InChI is InChI=1S/C22H22N2O5/c1-3-13-27-18-11-9-17(10-12-18)22(26)28-20(16-7-5-4-6-8-16)21(25)23-19-14-15(2)29-24-19/h4-12,14,20H,3,13H2,1-2H3,(H,23,24,25). The number of ether oxygens (including phenoxy) is 2. The molecule has 1 heterocycles. The molecule has 0 saturated heterocycles. The van der Waals surface area contributed by atoms with Gasteiger partial charge in [0.2, 0.25) is 6.10 Å². The van der Waals surface area contributed by atoms with Crippen molar-refractivity contribution < 1.29 is 23.6 Å². The summed E-state index contributed by atoms with van der Waals surface area (Å²) >= 11 is 0. The molecule has 0 aliphatic heterocycles. The quantitative estimate of drug-likeness (QED) is 0.573. The van der Waals surface area contributed by atoms with Gasteiger partial charge >= 0.3 is 5.97 Å². The lowest BCUT2D eigenvalue weighted by Gasteiger charge is -2.17. The fourth-order valence-electron chi connectivity index (χ4n) is 2.60. The number of aromatic nitrogens is 1. The van der Waals surface area contributed by atoms with Crippen molar-refractivity contribution in [2.45, 2.75) is 26.4 Å². The van der Waals surface area contributed by atoms with E-state index >= 15 is 0 Å². The molecule has 0 aliphatic rings. The molecule has 150 valence electrons. The van der Waals surface area contributed by atoms with Gasteiger partial charge in [0.15, 0.2) is 5.82 Å². The highest BCUT2D eigenvalue weighted by atomic mass is 16.5. The Balaban J connectivity index is 1.75. The molecule has 0 radical (unpaired) electrons. The lowest BCUT2D eigenvalue weighted by molar-refractivity contribution is -0.125. The van der Waals surface area contributed by atoms with Crippen molar-refractivity contribution >= 4 is 17.7 Å². The van der Waals surface area contributed by atoms with E-state index in [9.17, 15) is 9.59 Å². The van der Waals surface area contributed by atoms with Gasteiger partial charge in [0.1, 0.15) is 11.5 Å². The first kappa shape index (κ1) is 20.1. The van der Waals surface area contributed by atoms with Gasteiger partial charge in [-0.2, -0.15) is 0 Å². The number of carbonyl (C=O) groups is 2. The van der Waals surface area contributed by atoms with Crippen LogP contribution in [0.1, 0.15) is 41.1 Å². The number of benzene rings is 2. The molecule has 0 fully saturated rings. The zero-order chi connectivity index (χ0) is 20.6. The molecule has 3 rings (SSSR count). The highest BCUT2D eigenvalue weighted by Crippen LogP contribution is 2.22. The average Bonchev–Trinajstić information content (AvgIpc) is 3.15. The van der Waals surface area contributed by atoms with E-state index in [4.69, 9.17) is 14.0 Å². The van der Waals surface area contributed by atoms with Crippen molar-refractivity contribution in [1.82, 2.24) is 5.16 Å². The summed E-state index contributed by atoms with van der Waals surface area (Å²) in [4.78, 5) is 25.4. The Morgan fingerprint density at radius 1 is 1.10 bits per heavy atom. The molecule has 1 amide bonds. The smallest absolute Gasteiger partial charge is 0.339 e. The first-order valence-electron chi connectivity index (χ1n) is 9.30. The summed E-state index contributed by atoms with van der Waals surface area (Å²) in [5, 5.41) is 6.35. The number of nitrogens with one attached hydrogen (secondary N) is 1. The van der Waals surface area contributed by atoms with Crippen LogP contribution in [-0.4, -0.2) is 23.6 Å². The molecule has 0 aliphatic carbocycles. The SMILES string of the molecule is CCCOc1ccc(C(=O)OC(C(=O)Nc2cc(C)on2)c2ccccc2)cc1. The minimum atomic E-state index is -1.14. The molecule has 1 atom stereocenters. The lowest BCUT2D eigenvalue weighted by Crippen LogP contribution is -2.26. The van der Waals surface area contributed by atoms with Gasteiger partial charge in [-0.25, -0.2) is 4.79 Å². The maximum atomic E-state index is 12.8. The van der Waals surface area contributed by atoms with Crippen LogP contribution in [0.4, 0.5) is 5.82 Å². The fraction of sp³-hybridized carbons (Fsp3) is 0.227. The van der Waals surface area contributed by atoms with Crippen LogP contribution in [0, 0.1) is 6.92 Å². The van der Waals surface area contributed by atoms with Gasteiger partial charge in [-0.1, -0.05) is 42.4 Å². The average molecular weight is 394 g/mol. The predicted molar refractivity (Wildman–Crippen MR) is 107 cm³/mol. The topological polar surface area (TPSA) is 90.7 Å². The molecular weight excluding hydrogens is 372 g/mol. The summed E-state index contributed by atoms with van der Waals surface area (Å²) < 4.78 is 16.0. The van der Waals surface area contributed by atoms with Gasteiger partial charge in [-0.15, -0.1) is 0 Å². The fourth-order valence-corrected chi connectivity index (χ4v) is 2.60. The second-order valence-electron chi connectivity index (χ2n) is 6.38. The number of esters is 1. The van der Waals surface area contributed by atoms with Crippen molar-refractivity contribution in [3.63, 3.8) is 0 Å². The second kappa shape index (κ2) is 9.54. The number of amides is 1. The van der Waals surface area contributed by atoms with Crippen molar-refractivity contribution in [2.24, 2.45) is 0 Å². The minimum Gasteiger partial charge on any atom is -0.494 e. The van der Waals surface area contributed by atoms with Crippen molar-refractivity contribution in [3.05, 3.63) is 77.6 Å². The maximum absolute atomic E-state index is 12.8. The Bertz CT molecular complexity index is 951. The van der Waals surface area contributed by atoms with Crippen LogP contribution in [0.25, 0.3) is 0 Å². The van der Waals surface area contributed by atoms with Gasteiger partial charge < -0.3 is 19.3 Å². The van der Waals surface area contributed by atoms with Crippen LogP contribution in [0.2, 0.25) is 0 Å². The minimum absolute atomic E-state index is 0.252. The first-order valence-corrected chi connectivity index (χ1v) is 9.30. The number of nitrogens with zero attached hydrogens (tertiary/aromatic N) is 1. The van der Waals surface area contributed by atoms with Crippen LogP contribution < -0.4 is 10.1 Å². The monoisotopic (exact) mass is 394 g/mol. The van der Waals surface area contributed by atoms with Gasteiger partial charge in [-0.05, 0) is 37.6 Å². The zero-order valence-corrected chi connectivity index (χ0v) is 16.3. The summed E-state index contributed by atoms with van der Waals surface area (Å²) in [7, 11) is 0. The molecular formula is C22H22N2O5. The summed E-state index contributed by atoms with van der Waals surface area (Å²) in [5.41, 5.74) is 0.862. The largest absolute Gasteiger partial charge is 0.494 e. The van der Waals surface area contributed by atoms with E-state index in [-0.39, 0.29) is 5.82 Å². The van der Waals surface area contributed by atoms with E-state index in [1.807, 2.05) is 13.0 Å². The van der Waals surface area contributed by atoms with Crippen molar-refractivity contribution in [2.75, 3.05) is 11.9 Å². The molecule has 7 heteroatoms. The van der Waals surface area contributed by atoms with E-state index < -0.39 is 18.0 Å². The Kier molecular flexibility index (Phi) is 6.63. The normalized spacial score (nSPS) is 11.5. The van der Waals surface area contributed by atoms with Crippen LogP contribution in [0.3, 0.4) is 0 Å². The number of carbonyl (C=O) groups excluding carboxylic acids is 2. The van der Waals surface area contributed by atoms with Crippen LogP contribution in [0.5, 0.6) is 5.75 Å². The number of hydrogen-bond donors (Lipinski definition) is 1. The van der Waals surface area contributed by atoms with Crippen molar-refractivity contribution in [3.8, 4) is 5.75 Å². The zero-order valence-electron chi connectivity index (χ0n) is 16.3. The summed E-state index contributed by atoms with van der Waals surface area (Å²) in [6, 6.07) is 17.0. The van der Waals surface area contributed by atoms with Crippen molar-refractivity contribution in [1.29, 1.82) is 0 Å². The van der Waals surface area contributed by atoms with Gasteiger partial charge in [0, 0.05) is 11.6 Å². The third kappa shape index (κ3) is 5.44. The number of rotatable bonds is 8. The summed E-state index contributed by atoms with van der Waals surface area (Å²) in [6.07, 6.45) is -0.250.